The normalized spacial score (nSPS) is 10.1. The Labute approximate surface area is 96.1 Å². The summed E-state index contributed by atoms with van der Waals surface area (Å²) in [7, 11) is 0. The first-order valence-electron chi connectivity index (χ1n) is 5.42. The Hall–Kier alpha value is -1.35. The molecule has 0 fully saturated rings. The van der Waals surface area contributed by atoms with Crippen molar-refractivity contribution < 1.29 is 9.13 Å². The third kappa shape index (κ3) is 4.45. The maximum atomic E-state index is 13.2. The van der Waals surface area contributed by atoms with Crippen LogP contribution >= 0.6 is 0 Å². The highest BCUT2D eigenvalue weighted by atomic mass is 19.1. The second kappa shape index (κ2) is 7.01. The molecule has 0 aromatic heterocycles. The Kier molecular flexibility index (Phi) is 5.57. The van der Waals surface area contributed by atoms with Crippen LogP contribution in [0.15, 0.2) is 31.0 Å². The van der Waals surface area contributed by atoms with Gasteiger partial charge in [-0.25, -0.2) is 4.39 Å². The molecule has 1 N–H and O–H groups in total. The monoisotopic (exact) mass is 223 g/mol. The van der Waals surface area contributed by atoms with E-state index in [-0.39, 0.29) is 5.82 Å². The average Bonchev–Trinajstić information content (AvgIpc) is 2.28. The zero-order valence-electron chi connectivity index (χ0n) is 9.63. The smallest absolute Gasteiger partial charge is 0.126 e. The van der Waals surface area contributed by atoms with Crippen LogP contribution in [-0.2, 0) is 11.3 Å². The first kappa shape index (κ1) is 12.7. The molecule has 0 spiro atoms. The number of rotatable bonds is 7. The molecule has 2 nitrogen and oxygen atoms in total. The number of halogens is 1. The Morgan fingerprint density at radius 1 is 1.50 bits per heavy atom. The van der Waals surface area contributed by atoms with Gasteiger partial charge >= 0.3 is 0 Å². The van der Waals surface area contributed by atoms with E-state index in [1.54, 1.807) is 19.1 Å². The second-order valence-corrected chi connectivity index (χ2v) is 3.65. The van der Waals surface area contributed by atoms with Crippen molar-refractivity contribution in [2.75, 3.05) is 13.2 Å². The minimum atomic E-state index is -0.144. The number of ether oxygens (including phenoxy) is 1. The Bertz CT molecular complexity index is 339. The summed E-state index contributed by atoms with van der Waals surface area (Å²) in [6, 6.07) is 5.31. The van der Waals surface area contributed by atoms with Crippen molar-refractivity contribution in [3.05, 3.63) is 48.0 Å². The van der Waals surface area contributed by atoms with Gasteiger partial charge in [0.05, 0.1) is 12.9 Å². The molecular weight excluding hydrogens is 205 g/mol. The number of nitrogens with one attached hydrogen (secondary N) is 1. The van der Waals surface area contributed by atoms with Crippen molar-refractivity contribution in [1.29, 1.82) is 0 Å². The topological polar surface area (TPSA) is 21.3 Å². The van der Waals surface area contributed by atoms with Crippen molar-refractivity contribution in [2.24, 2.45) is 0 Å². The van der Waals surface area contributed by atoms with Crippen molar-refractivity contribution in [3.8, 4) is 0 Å². The van der Waals surface area contributed by atoms with E-state index < -0.39 is 0 Å². The van der Waals surface area contributed by atoms with Gasteiger partial charge in [-0.05, 0) is 37.1 Å². The van der Waals surface area contributed by atoms with Crippen LogP contribution in [-0.4, -0.2) is 13.2 Å². The molecule has 1 rings (SSSR count). The number of hydrogen-bond acceptors (Lipinski definition) is 2. The molecule has 16 heavy (non-hydrogen) atoms. The lowest BCUT2D eigenvalue weighted by atomic mass is 10.1. The van der Waals surface area contributed by atoms with E-state index in [2.05, 4.69) is 11.9 Å². The van der Waals surface area contributed by atoms with Crippen LogP contribution in [0.5, 0.6) is 0 Å². The van der Waals surface area contributed by atoms with Crippen LogP contribution in [0.2, 0.25) is 0 Å². The van der Waals surface area contributed by atoms with Crippen molar-refractivity contribution in [3.63, 3.8) is 0 Å². The van der Waals surface area contributed by atoms with Gasteiger partial charge in [-0.15, -0.1) is 0 Å². The number of hydrogen-bond donors (Lipinski definition) is 1. The number of benzene rings is 1. The molecule has 0 unspecified atom stereocenters. The fourth-order valence-electron chi connectivity index (χ4n) is 1.34. The summed E-state index contributed by atoms with van der Waals surface area (Å²) in [5.41, 5.74) is 1.65. The van der Waals surface area contributed by atoms with Gasteiger partial charge in [0.25, 0.3) is 0 Å². The van der Waals surface area contributed by atoms with E-state index >= 15 is 0 Å². The predicted molar refractivity (Wildman–Crippen MR) is 63.6 cm³/mol. The van der Waals surface area contributed by atoms with Gasteiger partial charge in [-0.2, -0.15) is 0 Å². The lowest BCUT2D eigenvalue weighted by molar-refractivity contribution is 0.244. The van der Waals surface area contributed by atoms with Gasteiger partial charge in [0.2, 0.25) is 0 Å². The highest BCUT2D eigenvalue weighted by Gasteiger charge is 1.98. The summed E-state index contributed by atoms with van der Waals surface area (Å²) in [6.07, 6.45) is 2.36. The molecule has 0 aliphatic carbocycles. The van der Waals surface area contributed by atoms with Crippen molar-refractivity contribution in [2.45, 2.75) is 19.9 Å². The summed E-state index contributed by atoms with van der Waals surface area (Å²) in [5, 5.41) is 3.23. The first-order valence-corrected chi connectivity index (χ1v) is 5.42. The molecule has 0 saturated carbocycles. The molecule has 0 radical (unpaired) electrons. The molecule has 0 saturated heterocycles. The largest absolute Gasteiger partial charge is 0.502 e. The average molecular weight is 223 g/mol. The minimum Gasteiger partial charge on any atom is -0.502 e. The molecule has 88 valence electrons. The SMILES string of the molecule is C=COCCCNCc1ccc(C)c(F)c1. The van der Waals surface area contributed by atoms with Crippen LogP contribution in [0.4, 0.5) is 4.39 Å². The third-order valence-electron chi connectivity index (χ3n) is 2.30. The molecular formula is C13H18FNO. The summed E-state index contributed by atoms with van der Waals surface area (Å²) < 4.78 is 18.2. The van der Waals surface area contributed by atoms with Gasteiger partial charge in [-0.3, -0.25) is 0 Å². The molecule has 1 aromatic carbocycles. The van der Waals surface area contributed by atoms with Crippen molar-refractivity contribution >= 4 is 0 Å². The zero-order valence-corrected chi connectivity index (χ0v) is 9.63. The fourth-order valence-corrected chi connectivity index (χ4v) is 1.34. The van der Waals surface area contributed by atoms with E-state index in [1.807, 2.05) is 6.07 Å². The Balaban J connectivity index is 2.21. The second-order valence-electron chi connectivity index (χ2n) is 3.65. The molecule has 0 aliphatic rings. The van der Waals surface area contributed by atoms with Crippen molar-refractivity contribution in [1.82, 2.24) is 5.32 Å². The van der Waals surface area contributed by atoms with E-state index in [9.17, 15) is 4.39 Å². The van der Waals surface area contributed by atoms with Gasteiger partial charge in [-0.1, -0.05) is 18.7 Å². The van der Waals surface area contributed by atoms with Crippen LogP contribution < -0.4 is 5.32 Å². The highest BCUT2D eigenvalue weighted by molar-refractivity contribution is 5.23. The molecule has 0 heterocycles. The Morgan fingerprint density at radius 3 is 3.00 bits per heavy atom. The zero-order chi connectivity index (χ0) is 11.8. The molecule has 0 amide bonds. The van der Waals surface area contributed by atoms with Crippen LogP contribution in [0, 0.1) is 12.7 Å². The van der Waals surface area contributed by atoms with Crippen LogP contribution in [0.1, 0.15) is 17.5 Å². The van der Waals surface area contributed by atoms with E-state index in [4.69, 9.17) is 4.74 Å². The third-order valence-corrected chi connectivity index (χ3v) is 2.30. The van der Waals surface area contributed by atoms with Gasteiger partial charge < -0.3 is 10.1 Å². The van der Waals surface area contributed by atoms with Gasteiger partial charge in [0, 0.05) is 6.54 Å². The van der Waals surface area contributed by atoms with E-state index in [0.29, 0.717) is 18.7 Å². The molecule has 1 aromatic rings. The highest BCUT2D eigenvalue weighted by Crippen LogP contribution is 2.08. The van der Waals surface area contributed by atoms with E-state index in [1.165, 1.54) is 6.26 Å². The summed E-state index contributed by atoms with van der Waals surface area (Å²) in [4.78, 5) is 0. The summed E-state index contributed by atoms with van der Waals surface area (Å²) in [5.74, 6) is -0.144. The first-order chi connectivity index (χ1) is 7.74. The molecule has 0 bridgehead atoms. The molecule has 3 heteroatoms. The fraction of sp³-hybridized carbons (Fsp3) is 0.385. The standard InChI is InChI=1S/C13H18FNO/c1-3-16-8-4-7-15-10-12-6-5-11(2)13(14)9-12/h3,5-6,9,15H,1,4,7-8,10H2,2H3. The van der Waals surface area contributed by atoms with Crippen LogP contribution in [0.3, 0.4) is 0 Å². The number of aryl methyl sites for hydroxylation is 1. The quantitative estimate of drug-likeness (QED) is 0.567. The van der Waals surface area contributed by atoms with Gasteiger partial charge in [0.15, 0.2) is 0 Å². The van der Waals surface area contributed by atoms with Gasteiger partial charge in [0.1, 0.15) is 5.82 Å². The maximum absolute atomic E-state index is 13.2. The molecule has 0 aliphatic heterocycles. The lowest BCUT2D eigenvalue weighted by Crippen LogP contribution is -2.16. The van der Waals surface area contributed by atoms with E-state index in [0.717, 1.165) is 18.5 Å². The van der Waals surface area contributed by atoms with Crippen LogP contribution in [0.25, 0.3) is 0 Å². The Morgan fingerprint density at radius 2 is 2.31 bits per heavy atom. The maximum Gasteiger partial charge on any atom is 0.126 e. The summed E-state index contributed by atoms with van der Waals surface area (Å²) >= 11 is 0. The molecule has 0 atom stereocenters. The summed E-state index contributed by atoms with van der Waals surface area (Å²) in [6.45, 7) is 7.42. The predicted octanol–water partition coefficient (Wildman–Crippen LogP) is 2.77. The minimum absolute atomic E-state index is 0.144. The lowest BCUT2D eigenvalue weighted by Gasteiger charge is -2.06.